The molecule has 0 aliphatic carbocycles. The Morgan fingerprint density at radius 1 is 1.00 bits per heavy atom. The summed E-state index contributed by atoms with van der Waals surface area (Å²) in [7, 11) is 0. The molecule has 6 heteroatoms. The number of carbonyl (C=O) groups excluding carboxylic acids is 1. The smallest absolute Gasteiger partial charge is 0.231 e. The van der Waals surface area contributed by atoms with Gasteiger partial charge in [-0.2, -0.15) is 0 Å². The Labute approximate surface area is 146 Å². The molecule has 1 fully saturated rings. The van der Waals surface area contributed by atoms with Gasteiger partial charge in [0.05, 0.1) is 18.8 Å². The van der Waals surface area contributed by atoms with Crippen LogP contribution in [0.2, 0.25) is 0 Å². The van der Waals surface area contributed by atoms with Gasteiger partial charge in [-0.25, -0.2) is 0 Å². The van der Waals surface area contributed by atoms with Crippen LogP contribution in [-0.2, 0) is 9.53 Å². The second-order valence-electron chi connectivity index (χ2n) is 6.30. The molecule has 130 valence electrons. The molecule has 6 nitrogen and oxygen atoms in total. The normalized spacial score (nSPS) is 22.7. The van der Waals surface area contributed by atoms with Crippen LogP contribution in [0.15, 0.2) is 48.5 Å². The van der Waals surface area contributed by atoms with E-state index in [1.807, 2.05) is 53.4 Å². The maximum atomic E-state index is 11.4. The SMILES string of the molecule is NC(=O)CN1C[C@@H](c2ccccc2)O[C@@H](c2ccc3c(c2)OCO3)C1. The number of morpholine rings is 1. The summed E-state index contributed by atoms with van der Waals surface area (Å²) in [6, 6.07) is 15.8. The number of rotatable bonds is 4. The van der Waals surface area contributed by atoms with Crippen molar-refractivity contribution in [3.05, 3.63) is 59.7 Å². The van der Waals surface area contributed by atoms with E-state index in [0.29, 0.717) is 13.1 Å². The lowest BCUT2D eigenvalue weighted by Gasteiger charge is -2.38. The zero-order valence-electron chi connectivity index (χ0n) is 13.8. The largest absolute Gasteiger partial charge is 0.454 e. The van der Waals surface area contributed by atoms with E-state index in [9.17, 15) is 4.79 Å². The molecule has 2 N–H and O–H groups in total. The fraction of sp³-hybridized carbons (Fsp3) is 0.316. The van der Waals surface area contributed by atoms with Crippen LogP contribution in [-0.4, -0.2) is 37.2 Å². The van der Waals surface area contributed by atoms with Crippen LogP contribution >= 0.6 is 0 Å². The summed E-state index contributed by atoms with van der Waals surface area (Å²) in [5.41, 5.74) is 7.49. The third-order valence-electron chi connectivity index (χ3n) is 4.50. The average molecular weight is 340 g/mol. The summed E-state index contributed by atoms with van der Waals surface area (Å²) in [5, 5.41) is 0. The van der Waals surface area contributed by atoms with Crippen LogP contribution in [0.1, 0.15) is 23.3 Å². The lowest BCUT2D eigenvalue weighted by molar-refractivity contribution is -0.125. The molecule has 0 spiro atoms. The van der Waals surface area contributed by atoms with Crippen molar-refractivity contribution in [2.75, 3.05) is 26.4 Å². The molecule has 2 aromatic carbocycles. The summed E-state index contributed by atoms with van der Waals surface area (Å²) in [6.07, 6.45) is -0.294. The van der Waals surface area contributed by atoms with E-state index < -0.39 is 0 Å². The number of carbonyl (C=O) groups is 1. The number of amides is 1. The Morgan fingerprint density at radius 3 is 2.48 bits per heavy atom. The first-order chi connectivity index (χ1) is 12.2. The van der Waals surface area contributed by atoms with E-state index in [0.717, 1.165) is 22.6 Å². The van der Waals surface area contributed by atoms with Crippen molar-refractivity contribution >= 4 is 5.91 Å². The van der Waals surface area contributed by atoms with Gasteiger partial charge in [-0.15, -0.1) is 0 Å². The topological polar surface area (TPSA) is 74.0 Å². The number of hydrogen-bond donors (Lipinski definition) is 1. The van der Waals surface area contributed by atoms with E-state index in [-0.39, 0.29) is 31.5 Å². The van der Waals surface area contributed by atoms with Crippen LogP contribution in [0.25, 0.3) is 0 Å². The molecule has 2 aliphatic rings. The van der Waals surface area contributed by atoms with Crippen molar-refractivity contribution in [1.82, 2.24) is 4.90 Å². The fourth-order valence-electron chi connectivity index (χ4n) is 3.33. The van der Waals surface area contributed by atoms with Crippen molar-refractivity contribution in [3.63, 3.8) is 0 Å². The molecular weight excluding hydrogens is 320 g/mol. The first kappa shape index (κ1) is 15.9. The monoisotopic (exact) mass is 340 g/mol. The average Bonchev–Trinajstić information content (AvgIpc) is 3.09. The molecule has 0 bridgehead atoms. The predicted octanol–water partition coefficient (Wildman–Crippen LogP) is 2.02. The molecule has 0 unspecified atom stereocenters. The summed E-state index contributed by atoms with van der Waals surface area (Å²) in [6.45, 7) is 1.69. The minimum atomic E-state index is -0.335. The maximum Gasteiger partial charge on any atom is 0.231 e. The van der Waals surface area contributed by atoms with Crippen molar-refractivity contribution in [2.24, 2.45) is 5.73 Å². The number of hydrogen-bond acceptors (Lipinski definition) is 5. The van der Waals surface area contributed by atoms with Gasteiger partial charge in [0.25, 0.3) is 0 Å². The van der Waals surface area contributed by atoms with Crippen LogP contribution in [0.3, 0.4) is 0 Å². The molecule has 1 saturated heterocycles. The Morgan fingerprint density at radius 2 is 1.72 bits per heavy atom. The van der Waals surface area contributed by atoms with Gasteiger partial charge in [0.2, 0.25) is 12.7 Å². The van der Waals surface area contributed by atoms with Gasteiger partial charge in [0.1, 0.15) is 0 Å². The highest BCUT2D eigenvalue weighted by molar-refractivity contribution is 5.75. The molecule has 2 heterocycles. The molecule has 0 aromatic heterocycles. The van der Waals surface area contributed by atoms with Crippen molar-refractivity contribution in [3.8, 4) is 11.5 Å². The Balaban J connectivity index is 1.60. The van der Waals surface area contributed by atoms with Crippen LogP contribution in [0.4, 0.5) is 0 Å². The third-order valence-corrected chi connectivity index (χ3v) is 4.50. The summed E-state index contributed by atoms with van der Waals surface area (Å²) in [4.78, 5) is 13.5. The highest BCUT2D eigenvalue weighted by atomic mass is 16.7. The first-order valence-electron chi connectivity index (χ1n) is 8.29. The lowest BCUT2D eigenvalue weighted by Crippen LogP contribution is -2.44. The molecule has 0 saturated carbocycles. The third kappa shape index (κ3) is 3.45. The molecule has 0 radical (unpaired) electrons. The zero-order chi connectivity index (χ0) is 17.2. The first-order valence-corrected chi connectivity index (χ1v) is 8.29. The molecule has 2 aliphatic heterocycles. The molecule has 2 atom stereocenters. The Bertz CT molecular complexity index is 765. The van der Waals surface area contributed by atoms with E-state index in [1.54, 1.807) is 0 Å². The number of primary amides is 1. The fourth-order valence-corrected chi connectivity index (χ4v) is 3.33. The van der Waals surface area contributed by atoms with Gasteiger partial charge in [-0.05, 0) is 23.3 Å². The highest BCUT2D eigenvalue weighted by Crippen LogP contribution is 2.38. The van der Waals surface area contributed by atoms with E-state index in [2.05, 4.69) is 0 Å². The predicted molar refractivity (Wildman–Crippen MR) is 91.2 cm³/mol. The van der Waals surface area contributed by atoms with E-state index in [4.69, 9.17) is 19.9 Å². The zero-order valence-corrected chi connectivity index (χ0v) is 13.8. The van der Waals surface area contributed by atoms with Crippen molar-refractivity contribution < 1.29 is 19.0 Å². The second kappa shape index (κ2) is 6.74. The number of nitrogens with zero attached hydrogens (tertiary/aromatic N) is 1. The van der Waals surface area contributed by atoms with Crippen molar-refractivity contribution in [2.45, 2.75) is 12.2 Å². The van der Waals surface area contributed by atoms with Crippen LogP contribution < -0.4 is 15.2 Å². The molecular formula is C19H20N2O4. The lowest BCUT2D eigenvalue weighted by atomic mass is 10.0. The number of fused-ring (bicyclic) bond motifs is 1. The Hall–Kier alpha value is -2.57. The molecule has 2 aromatic rings. The minimum absolute atomic E-state index is 0.121. The second-order valence-corrected chi connectivity index (χ2v) is 6.30. The van der Waals surface area contributed by atoms with E-state index >= 15 is 0 Å². The molecule has 25 heavy (non-hydrogen) atoms. The number of nitrogens with two attached hydrogens (primary N) is 1. The van der Waals surface area contributed by atoms with Gasteiger partial charge < -0.3 is 19.9 Å². The van der Waals surface area contributed by atoms with Gasteiger partial charge in [-0.1, -0.05) is 36.4 Å². The molecule has 1 amide bonds. The van der Waals surface area contributed by atoms with Gasteiger partial charge in [0, 0.05) is 13.1 Å². The van der Waals surface area contributed by atoms with Crippen molar-refractivity contribution in [1.29, 1.82) is 0 Å². The minimum Gasteiger partial charge on any atom is -0.454 e. The summed E-state index contributed by atoms with van der Waals surface area (Å²) < 4.78 is 17.2. The van der Waals surface area contributed by atoms with Crippen LogP contribution in [0.5, 0.6) is 11.5 Å². The maximum absolute atomic E-state index is 11.4. The summed E-state index contributed by atoms with van der Waals surface area (Å²) >= 11 is 0. The molecule has 4 rings (SSSR count). The van der Waals surface area contributed by atoms with Gasteiger partial charge >= 0.3 is 0 Å². The number of ether oxygens (including phenoxy) is 3. The van der Waals surface area contributed by atoms with E-state index in [1.165, 1.54) is 0 Å². The summed E-state index contributed by atoms with van der Waals surface area (Å²) in [5.74, 6) is 1.13. The standard InChI is InChI=1S/C19H20N2O4/c20-19(22)11-21-9-17(13-4-2-1-3-5-13)25-18(10-21)14-6-7-15-16(8-14)24-12-23-15/h1-8,17-18H,9-12H2,(H2,20,22)/t17-,18+/m0/s1. The Kier molecular flexibility index (Phi) is 4.29. The number of benzene rings is 2. The van der Waals surface area contributed by atoms with Gasteiger partial charge in [-0.3, -0.25) is 9.69 Å². The van der Waals surface area contributed by atoms with Gasteiger partial charge in [0.15, 0.2) is 11.5 Å². The quantitative estimate of drug-likeness (QED) is 0.922. The highest BCUT2D eigenvalue weighted by Gasteiger charge is 2.31. The van der Waals surface area contributed by atoms with Crippen LogP contribution in [0, 0.1) is 0 Å².